The van der Waals surface area contributed by atoms with Gasteiger partial charge in [-0.15, -0.1) is 0 Å². The average molecular weight is 526 g/mol. The molecule has 1 saturated carbocycles. The van der Waals surface area contributed by atoms with E-state index in [-0.39, 0.29) is 6.03 Å². The normalized spacial score (nSPS) is 27.0. The summed E-state index contributed by atoms with van der Waals surface area (Å²) >= 11 is 0. The van der Waals surface area contributed by atoms with Gasteiger partial charge in [-0.1, -0.05) is 0 Å². The first-order chi connectivity index (χ1) is 18.5. The summed E-state index contributed by atoms with van der Waals surface area (Å²) in [5, 5.41) is 12.6. The van der Waals surface area contributed by atoms with Crippen molar-refractivity contribution in [2.45, 2.75) is 62.6 Å². The van der Waals surface area contributed by atoms with Gasteiger partial charge in [0.25, 0.3) is 0 Å². The minimum atomic E-state index is -0.483. The molecule has 5 aliphatic rings. The molecule has 11 heteroatoms. The highest BCUT2D eigenvalue weighted by molar-refractivity contribution is 5.89. The molecule has 6 rings (SSSR count). The second kappa shape index (κ2) is 10.3. The first-order valence-corrected chi connectivity index (χ1v) is 13.6. The van der Waals surface area contributed by atoms with Crippen LogP contribution in [-0.4, -0.2) is 86.1 Å². The minimum absolute atomic E-state index is 0.230. The number of benzene rings is 1. The number of carbonyl (C=O) groups is 1. The molecule has 3 fully saturated rings. The van der Waals surface area contributed by atoms with E-state index in [4.69, 9.17) is 14.2 Å². The Balaban J connectivity index is 1.26. The predicted octanol–water partition coefficient (Wildman–Crippen LogP) is 2.73. The molecule has 38 heavy (non-hydrogen) atoms. The summed E-state index contributed by atoms with van der Waals surface area (Å²) in [5.74, 6) is -0.483. The van der Waals surface area contributed by atoms with Crippen LogP contribution in [0, 0.1) is 0 Å². The standard InChI is InChI=1S/C27H39N7O4/c1-28-26(35)30-19-4-6-20(7-5-19)31-17-25-24(33(18-31)32-15-22-8-9-23(16-32)38-22)14-29-34(25)21-10-12-27(36-2,37-3)13-11-21/h4-7,14,17,21-23,29H,8-13,15-16,18H2,1-3H3,(H2,28,30,35). The molecule has 2 unspecified atom stereocenters. The minimum Gasteiger partial charge on any atom is -0.372 e. The molecule has 2 bridgehead atoms. The Morgan fingerprint density at radius 3 is 2.34 bits per heavy atom. The van der Waals surface area contributed by atoms with E-state index in [0.29, 0.717) is 24.9 Å². The molecular formula is C27H39N7O4. The topological polar surface area (TPSA) is 93.8 Å². The third-order valence-electron chi connectivity index (χ3n) is 8.58. The summed E-state index contributed by atoms with van der Waals surface area (Å²) in [6.45, 7) is 2.50. The van der Waals surface area contributed by atoms with Gasteiger partial charge >= 0.3 is 6.03 Å². The molecular weight excluding hydrogens is 486 g/mol. The van der Waals surface area contributed by atoms with Crippen LogP contribution in [0.25, 0.3) is 0 Å². The third-order valence-corrected chi connectivity index (χ3v) is 8.58. The van der Waals surface area contributed by atoms with Gasteiger partial charge in [-0.05, 0) is 49.9 Å². The van der Waals surface area contributed by atoms with E-state index in [0.717, 1.165) is 68.7 Å². The van der Waals surface area contributed by atoms with E-state index in [1.54, 1.807) is 21.3 Å². The Labute approximate surface area is 224 Å². The molecule has 1 aliphatic carbocycles. The molecule has 1 aromatic carbocycles. The van der Waals surface area contributed by atoms with Gasteiger partial charge in [0.2, 0.25) is 0 Å². The van der Waals surface area contributed by atoms with E-state index in [9.17, 15) is 4.79 Å². The molecule has 4 heterocycles. The van der Waals surface area contributed by atoms with Gasteiger partial charge in [-0.25, -0.2) is 9.80 Å². The largest absolute Gasteiger partial charge is 0.372 e. The van der Waals surface area contributed by atoms with E-state index >= 15 is 0 Å². The van der Waals surface area contributed by atoms with Crippen LogP contribution in [0.1, 0.15) is 38.5 Å². The Morgan fingerprint density at radius 2 is 1.71 bits per heavy atom. The van der Waals surface area contributed by atoms with Gasteiger partial charge in [-0.3, -0.25) is 10.0 Å². The molecule has 4 aliphatic heterocycles. The number of nitrogens with zero attached hydrogens (tertiary/aromatic N) is 4. The first kappa shape index (κ1) is 25.3. The number of rotatable bonds is 6. The van der Waals surface area contributed by atoms with Gasteiger partial charge in [0, 0.05) is 71.0 Å². The van der Waals surface area contributed by atoms with Crippen LogP contribution in [0.5, 0.6) is 0 Å². The van der Waals surface area contributed by atoms with Crippen LogP contribution in [0.4, 0.5) is 16.2 Å². The van der Waals surface area contributed by atoms with Crippen molar-refractivity contribution in [1.29, 1.82) is 0 Å². The van der Waals surface area contributed by atoms with Gasteiger partial charge in [0.05, 0.1) is 23.9 Å². The molecule has 2 saturated heterocycles. The van der Waals surface area contributed by atoms with Crippen LogP contribution in [0.15, 0.2) is 48.1 Å². The molecule has 1 aromatic rings. The number of ether oxygens (including phenoxy) is 3. The molecule has 0 radical (unpaired) electrons. The maximum atomic E-state index is 11.7. The number of morpholine rings is 1. The smallest absolute Gasteiger partial charge is 0.318 e. The maximum Gasteiger partial charge on any atom is 0.318 e. The van der Waals surface area contributed by atoms with Gasteiger partial charge < -0.3 is 35.2 Å². The quantitative estimate of drug-likeness (QED) is 0.485. The van der Waals surface area contributed by atoms with Crippen molar-refractivity contribution < 1.29 is 19.0 Å². The molecule has 206 valence electrons. The van der Waals surface area contributed by atoms with Crippen molar-refractivity contribution in [2.24, 2.45) is 0 Å². The number of fused-ring (bicyclic) bond motifs is 3. The van der Waals surface area contributed by atoms with Crippen molar-refractivity contribution in [3.8, 4) is 0 Å². The number of amides is 2. The van der Waals surface area contributed by atoms with Crippen LogP contribution >= 0.6 is 0 Å². The zero-order chi connectivity index (χ0) is 26.3. The summed E-state index contributed by atoms with van der Waals surface area (Å²) in [6.07, 6.45) is 10.9. The molecule has 0 spiro atoms. The Hall–Kier alpha value is -2.99. The lowest BCUT2D eigenvalue weighted by Gasteiger charge is -2.47. The summed E-state index contributed by atoms with van der Waals surface area (Å²) in [4.78, 5) is 14.0. The summed E-state index contributed by atoms with van der Waals surface area (Å²) in [5.41, 5.74) is 7.76. The highest BCUT2D eigenvalue weighted by Gasteiger charge is 2.43. The molecule has 2 amide bonds. The lowest BCUT2D eigenvalue weighted by Crippen LogP contribution is -2.56. The van der Waals surface area contributed by atoms with Crippen molar-refractivity contribution in [1.82, 2.24) is 25.8 Å². The fraction of sp³-hybridized carbons (Fsp3) is 0.593. The first-order valence-electron chi connectivity index (χ1n) is 13.6. The lowest BCUT2D eigenvalue weighted by atomic mass is 9.89. The van der Waals surface area contributed by atoms with Crippen LogP contribution in [0.3, 0.4) is 0 Å². The van der Waals surface area contributed by atoms with E-state index < -0.39 is 5.79 Å². The van der Waals surface area contributed by atoms with Crippen molar-refractivity contribution in [3.05, 3.63) is 48.1 Å². The van der Waals surface area contributed by atoms with Crippen LogP contribution < -0.4 is 21.0 Å². The van der Waals surface area contributed by atoms with Gasteiger partial charge in [-0.2, -0.15) is 0 Å². The van der Waals surface area contributed by atoms with Crippen molar-refractivity contribution in [2.75, 3.05) is 51.2 Å². The van der Waals surface area contributed by atoms with E-state index in [1.807, 2.05) is 12.1 Å². The second-order valence-corrected chi connectivity index (χ2v) is 10.7. The Morgan fingerprint density at radius 1 is 1.03 bits per heavy atom. The predicted molar refractivity (Wildman–Crippen MR) is 143 cm³/mol. The van der Waals surface area contributed by atoms with Crippen molar-refractivity contribution in [3.63, 3.8) is 0 Å². The highest BCUT2D eigenvalue weighted by Crippen LogP contribution is 2.40. The lowest BCUT2D eigenvalue weighted by molar-refractivity contribution is -0.228. The zero-order valence-corrected chi connectivity index (χ0v) is 22.5. The fourth-order valence-electron chi connectivity index (χ4n) is 6.35. The number of hydrazine groups is 2. The number of hydrogen-bond donors (Lipinski definition) is 3. The number of nitrogens with one attached hydrogen (secondary N) is 3. The highest BCUT2D eigenvalue weighted by atomic mass is 16.7. The maximum absolute atomic E-state index is 11.7. The van der Waals surface area contributed by atoms with Crippen LogP contribution in [0.2, 0.25) is 0 Å². The zero-order valence-electron chi connectivity index (χ0n) is 22.5. The third kappa shape index (κ3) is 4.68. The van der Waals surface area contributed by atoms with Gasteiger partial charge in [0.1, 0.15) is 12.4 Å². The molecule has 2 atom stereocenters. The number of methoxy groups -OCH3 is 2. The molecule has 3 N–H and O–H groups in total. The second-order valence-electron chi connectivity index (χ2n) is 10.7. The van der Waals surface area contributed by atoms with Gasteiger partial charge in [0.15, 0.2) is 5.79 Å². The Bertz CT molecular complexity index is 1070. The Kier molecular flexibility index (Phi) is 6.85. The molecule has 0 aromatic heterocycles. The summed E-state index contributed by atoms with van der Waals surface area (Å²) in [6, 6.07) is 8.08. The van der Waals surface area contributed by atoms with Crippen molar-refractivity contribution >= 4 is 17.4 Å². The number of urea groups is 1. The summed E-state index contributed by atoms with van der Waals surface area (Å²) in [7, 11) is 5.09. The number of hydrogen-bond acceptors (Lipinski definition) is 9. The van der Waals surface area contributed by atoms with Crippen LogP contribution in [-0.2, 0) is 14.2 Å². The summed E-state index contributed by atoms with van der Waals surface area (Å²) < 4.78 is 17.6. The van der Waals surface area contributed by atoms with E-state index in [1.165, 1.54) is 5.70 Å². The monoisotopic (exact) mass is 525 g/mol. The number of anilines is 2. The molecule has 11 nitrogen and oxygen atoms in total. The average Bonchev–Trinajstić information content (AvgIpc) is 3.54. The fourth-order valence-corrected chi connectivity index (χ4v) is 6.35. The van der Waals surface area contributed by atoms with E-state index in [2.05, 4.69) is 60.5 Å². The SMILES string of the molecule is CNC(=O)Nc1ccc(N2C=C3C(=CNN3C3CCC(OC)(OC)CC3)N(N3CC4CCC(C3)O4)C2)cc1. The number of carbonyl (C=O) groups excluding carboxylic acids is 1.